The van der Waals surface area contributed by atoms with Gasteiger partial charge in [-0.3, -0.25) is 4.79 Å². The molecule has 4 heteroatoms. The number of carbonyl (C=O) groups excluding carboxylic acids is 1. The van der Waals surface area contributed by atoms with Gasteiger partial charge in [-0.05, 0) is 55.4 Å². The van der Waals surface area contributed by atoms with E-state index in [1.54, 1.807) is 6.08 Å². The minimum Gasteiger partial charge on any atom is -0.333 e. The molecule has 1 saturated carbocycles. The number of benzene rings is 1. The summed E-state index contributed by atoms with van der Waals surface area (Å²) in [5.41, 5.74) is 4.33. The van der Waals surface area contributed by atoms with Gasteiger partial charge in [0.25, 0.3) is 5.91 Å². The van der Waals surface area contributed by atoms with Gasteiger partial charge in [0.2, 0.25) is 0 Å². The summed E-state index contributed by atoms with van der Waals surface area (Å²) < 4.78 is 0. The summed E-state index contributed by atoms with van der Waals surface area (Å²) in [6.07, 6.45) is 8.87. The molecule has 0 aromatic heterocycles. The lowest BCUT2D eigenvalue weighted by atomic mass is 9.93. The molecule has 0 radical (unpaired) electrons. The summed E-state index contributed by atoms with van der Waals surface area (Å²) in [6.45, 7) is 6.63. The van der Waals surface area contributed by atoms with E-state index in [2.05, 4.69) is 41.6 Å². The predicted molar refractivity (Wildman–Crippen MR) is 105 cm³/mol. The summed E-state index contributed by atoms with van der Waals surface area (Å²) in [5.74, 6) is 1.36. The third-order valence-corrected chi connectivity index (χ3v) is 5.59. The molecule has 1 aliphatic carbocycles. The highest BCUT2D eigenvalue weighted by Crippen LogP contribution is 2.40. The Labute approximate surface area is 155 Å². The number of amides is 1. The summed E-state index contributed by atoms with van der Waals surface area (Å²) in [4.78, 5) is 22.0. The topological polar surface area (TPSA) is 35.9 Å². The van der Waals surface area contributed by atoms with Crippen LogP contribution in [0.3, 0.4) is 0 Å². The number of fused-ring (bicyclic) bond motifs is 1. The molecule has 1 unspecified atom stereocenters. The first-order chi connectivity index (χ1) is 12.6. The maximum absolute atomic E-state index is 13.3. The van der Waals surface area contributed by atoms with E-state index in [1.807, 2.05) is 30.2 Å². The van der Waals surface area contributed by atoms with Gasteiger partial charge in [0.15, 0.2) is 0 Å². The molecule has 4 rings (SSSR count). The minimum atomic E-state index is 0.0215. The number of hydrogen-bond donors (Lipinski definition) is 0. The maximum atomic E-state index is 13.3. The van der Waals surface area contributed by atoms with Crippen molar-refractivity contribution in [3.05, 3.63) is 71.7 Å². The van der Waals surface area contributed by atoms with Gasteiger partial charge in [0.05, 0.1) is 6.04 Å². The lowest BCUT2D eigenvalue weighted by molar-refractivity contribution is -0.126. The van der Waals surface area contributed by atoms with Gasteiger partial charge in [0.1, 0.15) is 11.5 Å². The molecule has 0 bridgehead atoms. The van der Waals surface area contributed by atoms with Crippen molar-refractivity contribution >= 4 is 11.6 Å². The average Bonchev–Trinajstić information content (AvgIpc) is 3.49. The van der Waals surface area contributed by atoms with Crippen LogP contribution in [0.5, 0.6) is 0 Å². The van der Waals surface area contributed by atoms with E-state index < -0.39 is 0 Å². The lowest BCUT2D eigenvalue weighted by Gasteiger charge is -2.36. The van der Waals surface area contributed by atoms with Gasteiger partial charge < -0.3 is 9.80 Å². The minimum absolute atomic E-state index is 0.0215. The van der Waals surface area contributed by atoms with E-state index >= 15 is 0 Å². The Morgan fingerprint density at radius 2 is 2.08 bits per heavy atom. The molecule has 134 valence electrons. The quantitative estimate of drug-likeness (QED) is 0.833. The highest BCUT2D eigenvalue weighted by atomic mass is 16.2. The first-order valence-corrected chi connectivity index (χ1v) is 9.35. The average molecular weight is 347 g/mol. The largest absolute Gasteiger partial charge is 0.333 e. The summed E-state index contributed by atoms with van der Waals surface area (Å²) >= 11 is 0. The van der Waals surface area contributed by atoms with Crippen LogP contribution in [0.25, 0.3) is 0 Å². The van der Waals surface area contributed by atoms with Gasteiger partial charge >= 0.3 is 0 Å². The normalized spacial score (nSPS) is 24.1. The molecule has 1 amide bonds. The van der Waals surface area contributed by atoms with Crippen molar-refractivity contribution in [3.8, 4) is 0 Å². The summed E-state index contributed by atoms with van der Waals surface area (Å²) in [5, 5.41) is 0. The Kier molecular flexibility index (Phi) is 4.27. The van der Waals surface area contributed by atoms with Crippen LogP contribution in [0.1, 0.15) is 36.9 Å². The van der Waals surface area contributed by atoms with E-state index in [0.29, 0.717) is 11.6 Å². The molecule has 26 heavy (non-hydrogen) atoms. The van der Waals surface area contributed by atoms with Crippen molar-refractivity contribution in [1.29, 1.82) is 0 Å². The highest BCUT2D eigenvalue weighted by molar-refractivity contribution is 6.43. The van der Waals surface area contributed by atoms with Crippen molar-refractivity contribution in [2.75, 3.05) is 13.6 Å². The monoisotopic (exact) mass is 347 g/mol. The molecular weight excluding hydrogens is 322 g/mol. The zero-order valence-electron chi connectivity index (χ0n) is 15.5. The molecule has 0 spiro atoms. The second-order valence-electron chi connectivity index (χ2n) is 7.28. The van der Waals surface area contributed by atoms with Crippen LogP contribution in [0.2, 0.25) is 0 Å². The van der Waals surface area contributed by atoms with Crippen molar-refractivity contribution in [1.82, 2.24) is 9.80 Å². The molecule has 0 saturated heterocycles. The van der Waals surface area contributed by atoms with Gasteiger partial charge in [-0.25, -0.2) is 4.99 Å². The van der Waals surface area contributed by atoms with Crippen molar-refractivity contribution in [3.63, 3.8) is 0 Å². The summed E-state index contributed by atoms with van der Waals surface area (Å²) in [6, 6.07) is 8.48. The predicted octanol–water partition coefficient (Wildman–Crippen LogP) is 3.84. The molecule has 3 aliphatic rings. The van der Waals surface area contributed by atoms with Crippen molar-refractivity contribution in [2.45, 2.75) is 32.2 Å². The fraction of sp³-hybridized carbons (Fsp3) is 0.364. The van der Waals surface area contributed by atoms with Gasteiger partial charge in [-0.15, -0.1) is 0 Å². The Balaban J connectivity index is 1.66. The van der Waals surface area contributed by atoms with Crippen LogP contribution in [0, 0.1) is 5.92 Å². The zero-order valence-corrected chi connectivity index (χ0v) is 15.5. The smallest absolute Gasteiger partial charge is 0.273 e. The van der Waals surface area contributed by atoms with Crippen LogP contribution in [-0.4, -0.2) is 35.0 Å². The Hall–Kier alpha value is -2.62. The zero-order chi connectivity index (χ0) is 18.3. The van der Waals surface area contributed by atoms with Crippen LogP contribution in [0.15, 0.2) is 65.6 Å². The number of nitrogens with zero attached hydrogens (tertiary/aromatic N) is 3. The SMILES string of the molecule is C=C/C=C1/N=C(C(=O)N2CCc3ccccc3C2C)C=C(C2CC2)N1C. The Morgan fingerprint density at radius 3 is 2.81 bits per heavy atom. The van der Waals surface area contributed by atoms with Gasteiger partial charge in [0, 0.05) is 19.3 Å². The van der Waals surface area contributed by atoms with Crippen LogP contribution in [-0.2, 0) is 11.2 Å². The first-order valence-electron chi connectivity index (χ1n) is 9.35. The molecule has 1 fully saturated rings. The molecule has 1 aromatic rings. The first kappa shape index (κ1) is 16.8. The fourth-order valence-corrected chi connectivity index (χ4v) is 3.93. The second-order valence-corrected chi connectivity index (χ2v) is 7.28. The standard InChI is InChI=1S/C22H25N3O/c1-4-7-21-23-19(14-20(24(21)3)17-10-11-17)22(26)25-13-12-16-8-5-6-9-18(16)15(25)2/h4-9,14-15,17H,1,10-13H2,2-3H3/b21-7-. The van der Waals surface area contributed by atoms with Gasteiger partial charge in [-0.2, -0.15) is 0 Å². The number of aliphatic imine (C=N–C) groups is 1. The Bertz CT molecular complexity index is 845. The Morgan fingerprint density at radius 1 is 1.31 bits per heavy atom. The number of hydrogen-bond acceptors (Lipinski definition) is 3. The third-order valence-electron chi connectivity index (χ3n) is 5.59. The van der Waals surface area contributed by atoms with Crippen molar-refractivity contribution in [2.24, 2.45) is 10.9 Å². The fourth-order valence-electron chi connectivity index (χ4n) is 3.93. The van der Waals surface area contributed by atoms with E-state index in [0.717, 1.165) is 18.8 Å². The third kappa shape index (κ3) is 2.90. The highest BCUT2D eigenvalue weighted by Gasteiger charge is 2.35. The molecule has 2 heterocycles. The lowest BCUT2D eigenvalue weighted by Crippen LogP contribution is -2.43. The van der Waals surface area contributed by atoms with E-state index in [9.17, 15) is 4.79 Å². The van der Waals surface area contributed by atoms with Crippen LogP contribution in [0.4, 0.5) is 0 Å². The van der Waals surface area contributed by atoms with E-state index in [4.69, 9.17) is 0 Å². The van der Waals surface area contributed by atoms with E-state index in [1.165, 1.54) is 29.7 Å². The second kappa shape index (κ2) is 6.60. The number of rotatable bonds is 3. The number of carbonyl (C=O) groups is 1. The molecule has 1 aromatic carbocycles. The van der Waals surface area contributed by atoms with E-state index in [-0.39, 0.29) is 11.9 Å². The molecular formula is C22H25N3O. The molecule has 4 nitrogen and oxygen atoms in total. The maximum Gasteiger partial charge on any atom is 0.273 e. The number of allylic oxidation sites excluding steroid dienone is 3. The van der Waals surface area contributed by atoms with Crippen LogP contribution >= 0.6 is 0 Å². The molecule has 0 N–H and O–H groups in total. The van der Waals surface area contributed by atoms with Gasteiger partial charge in [-0.1, -0.05) is 36.9 Å². The van der Waals surface area contributed by atoms with Crippen molar-refractivity contribution < 1.29 is 4.79 Å². The summed E-state index contributed by atoms with van der Waals surface area (Å²) in [7, 11) is 2.02. The molecule has 2 aliphatic heterocycles. The van der Waals surface area contributed by atoms with Crippen LogP contribution < -0.4 is 0 Å². The molecule has 1 atom stereocenters.